The molecule has 0 spiro atoms. The fourth-order valence-corrected chi connectivity index (χ4v) is 2.16. The third kappa shape index (κ3) is 3.33. The minimum atomic E-state index is -0.994. The number of aliphatic hydroxyl groups is 1. The highest BCUT2D eigenvalue weighted by molar-refractivity contribution is 5.57. The van der Waals surface area contributed by atoms with E-state index >= 15 is 0 Å². The van der Waals surface area contributed by atoms with Crippen LogP contribution in [0.3, 0.4) is 0 Å². The summed E-state index contributed by atoms with van der Waals surface area (Å²) in [6, 6.07) is 10.4. The number of nitrogens with zero attached hydrogens (tertiary/aromatic N) is 1. The van der Waals surface area contributed by atoms with Crippen LogP contribution in [-0.2, 0) is 6.42 Å². The summed E-state index contributed by atoms with van der Waals surface area (Å²) in [6.07, 6.45) is -0.733. The van der Waals surface area contributed by atoms with Gasteiger partial charge in [-0.1, -0.05) is 30.3 Å². The van der Waals surface area contributed by atoms with E-state index in [1.807, 2.05) is 30.3 Å². The smallest absolute Gasteiger partial charge is 0.314 e. The van der Waals surface area contributed by atoms with Gasteiger partial charge < -0.3 is 21.1 Å². The number of nitro benzene ring substituents is 1. The molecule has 0 bridgehead atoms. The highest BCUT2D eigenvalue weighted by Crippen LogP contribution is 2.38. The second-order valence-electron chi connectivity index (χ2n) is 4.95. The molecule has 0 aliphatic rings. The lowest BCUT2D eigenvalue weighted by Crippen LogP contribution is -2.28. The summed E-state index contributed by atoms with van der Waals surface area (Å²) in [5.74, 6) is -1.47. The molecule has 0 radical (unpaired) electrons. The molecule has 5 N–H and O–H groups in total. The summed E-state index contributed by atoms with van der Waals surface area (Å²) in [7, 11) is 0. The van der Waals surface area contributed by atoms with Gasteiger partial charge in [-0.2, -0.15) is 0 Å². The van der Waals surface area contributed by atoms with Gasteiger partial charge in [0.05, 0.1) is 17.1 Å². The van der Waals surface area contributed by atoms with Crippen LogP contribution in [0.4, 0.5) is 5.69 Å². The fraction of sp³-hybridized carbons (Fsp3) is 0.200. The van der Waals surface area contributed by atoms with Crippen LogP contribution in [0.15, 0.2) is 42.5 Å². The number of aliphatic hydroxyl groups excluding tert-OH is 1. The van der Waals surface area contributed by atoms with Crippen molar-refractivity contribution in [1.29, 1.82) is 0 Å². The number of aromatic hydroxyl groups is 2. The fourth-order valence-electron chi connectivity index (χ4n) is 2.16. The van der Waals surface area contributed by atoms with Crippen LogP contribution in [0, 0.1) is 10.1 Å². The Kier molecular flexibility index (Phi) is 4.59. The predicted molar refractivity (Wildman–Crippen MR) is 79.5 cm³/mol. The largest absolute Gasteiger partial charge is 0.504 e. The SMILES string of the molecule is N[C@@H](c1cc(O)c(O)c([N+](=O)[O-])c1)[C@H](O)Cc1ccccc1. The summed E-state index contributed by atoms with van der Waals surface area (Å²) in [6.45, 7) is 0. The molecule has 2 aromatic carbocycles. The molecule has 0 fully saturated rings. The molecule has 0 saturated heterocycles. The molecule has 0 aromatic heterocycles. The molecule has 2 atom stereocenters. The van der Waals surface area contributed by atoms with E-state index in [2.05, 4.69) is 0 Å². The Hall–Kier alpha value is -2.64. The van der Waals surface area contributed by atoms with Crippen molar-refractivity contribution in [1.82, 2.24) is 0 Å². The maximum Gasteiger partial charge on any atom is 0.314 e. The third-order valence-electron chi connectivity index (χ3n) is 3.38. The number of hydrogen-bond acceptors (Lipinski definition) is 6. The van der Waals surface area contributed by atoms with Crippen molar-refractivity contribution in [3.8, 4) is 11.5 Å². The predicted octanol–water partition coefficient (Wildman–Crippen LogP) is 1.61. The number of hydrogen-bond donors (Lipinski definition) is 4. The standard InChI is InChI=1S/C15H16N2O5/c16-14(12(18)6-9-4-2-1-3-5-9)10-7-11(17(21)22)15(20)13(19)8-10/h1-5,7-8,12,14,18-20H,6,16H2/t12-,14+/m1/s1. The van der Waals surface area contributed by atoms with E-state index in [0.29, 0.717) is 0 Å². The summed E-state index contributed by atoms with van der Waals surface area (Å²) in [5.41, 5.74) is 6.29. The topological polar surface area (TPSA) is 130 Å². The first kappa shape index (κ1) is 15.7. The number of rotatable bonds is 5. The van der Waals surface area contributed by atoms with E-state index in [4.69, 9.17) is 5.73 Å². The van der Waals surface area contributed by atoms with Crippen LogP contribution < -0.4 is 5.73 Å². The highest BCUT2D eigenvalue weighted by atomic mass is 16.6. The van der Waals surface area contributed by atoms with Crippen LogP contribution in [0.1, 0.15) is 17.2 Å². The summed E-state index contributed by atoms with van der Waals surface area (Å²) >= 11 is 0. The van der Waals surface area contributed by atoms with Crippen molar-refractivity contribution >= 4 is 5.69 Å². The number of benzene rings is 2. The number of phenolic OH excluding ortho intramolecular Hbond substituents is 2. The molecule has 0 amide bonds. The van der Waals surface area contributed by atoms with E-state index in [9.17, 15) is 25.4 Å². The maximum absolute atomic E-state index is 10.8. The van der Waals surface area contributed by atoms with Crippen LogP contribution in [-0.4, -0.2) is 26.3 Å². The van der Waals surface area contributed by atoms with Gasteiger partial charge in [0.2, 0.25) is 5.75 Å². The Labute approximate surface area is 126 Å². The molecule has 116 valence electrons. The first-order valence-corrected chi connectivity index (χ1v) is 6.58. The van der Waals surface area contributed by atoms with E-state index in [1.54, 1.807) is 0 Å². The van der Waals surface area contributed by atoms with Crippen molar-refractivity contribution in [2.75, 3.05) is 0 Å². The number of phenols is 2. The van der Waals surface area contributed by atoms with Crippen molar-refractivity contribution in [3.05, 3.63) is 63.7 Å². The maximum atomic E-state index is 10.8. The normalized spacial score (nSPS) is 13.5. The summed E-state index contributed by atoms with van der Waals surface area (Å²) in [5, 5.41) is 40.0. The van der Waals surface area contributed by atoms with Crippen LogP contribution in [0.2, 0.25) is 0 Å². The summed E-state index contributed by atoms with van der Waals surface area (Å²) in [4.78, 5) is 10.0. The molecule has 0 unspecified atom stereocenters. The average molecular weight is 304 g/mol. The van der Waals surface area contributed by atoms with Crippen molar-refractivity contribution < 1.29 is 20.2 Å². The molecule has 2 aromatic rings. The van der Waals surface area contributed by atoms with Crippen molar-refractivity contribution in [3.63, 3.8) is 0 Å². The molecule has 2 rings (SSSR count). The van der Waals surface area contributed by atoms with E-state index in [1.165, 1.54) is 0 Å². The van der Waals surface area contributed by atoms with Gasteiger partial charge in [0.1, 0.15) is 0 Å². The Bertz CT molecular complexity index is 675. The van der Waals surface area contributed by atoms with Gasteiger partial charge in [0.15, 0.2) is 5.75 Å². The summed E-state index contributed by atoms with van der Waals surface area (Å²) < 4.78 is 0. The van der Waals surface area contributed by atoms with Gasteiger partial charge in [-0.15, -0.1) is 0 Å². The Morgan fingerprint density at radius 2 is 1.82 bits per heavy atom. The lowest BCUT2D eigenvalue weighted by Gasteiger charge is -2.19. The van der Waals surface area contributed by atoms with Crippen molar-refractivity contribution in [2.45, 2.75) is 18.6 Å². The lowest BCUT2D eigenvalue weighted by atomic mass is 9.96. The van der Waals surface area contributed by atoms with E-state index in [0.717, 1.165) is 17.7 Å². The van der Waals surface area contributed by atoms with Gasteiger partial charge in [0, 0.05) is 12.5 Å². The zero-order valence-corrected chi connectivity index (χ0v) is 11.6. The number of nitro groups is 1. The molecule has 0 saturated carbocycles. The van der Waals surface area contributed by atoms with Gasteiger partial charge in [-0.05, 0) is 17.2 Å². The molecule has 0 heterocycles. The van der Waals surface area contributed by atoms with E-state index in [-0.39, 0.29) is 12.0 Å². The Morgan fingerprint density at radius 3 is 2.41 bits per heavy atom. The van der Waals surface area contributed by atoms with Crippen molar-refractivity contribution in [2.24, 2.45) is 5.73 Å². The van der Waals surface area contributed by atoms with E-state index < -0.39 is 34.3 Å². The molecule has 22 heavy (non-hydrogen) atoms. The molecule has 0 aliphatic heterocycles. The molecular formula is C15H16N2O5. The zero-order valence-electron chi connectivity index (χ0n) is 11.6. The molecule has 0 aliphatic carbocycles. The van der Waals surface area contributed by atoms with Gasteiger partial charge in [-0.25, -0.2) is 0 Å². The van der Waals surface area contributed by atoms with Gasteiger partial charge in [0.25, 0.3) is 0 Å². The van der Waals surface area contributed by atoms with Gasteiger partial charge >= 0.3 is 5.69 Å². The average Bonchev–Trinajstić information content (AvgIpc) is 2.49. The monoisotopic (exact) mass is 304 g/mol. The molecular weight excluding hydrogens is 288 g/mol. The minimum Gasteiger partial charge on any atom is -0.504 e. The first-order valence-electron chi connectivity index (χ1n) is 6.58. The highest BCUT2D eigenvalue weighted by Gasteiger charge is 2.24. The number of nitrogens with two attached hydrogens (primary N) is 1. The quantitative estimate of drug-likeness (QED) is 0.377. The zero-order chi connectivity index (χ0) is 16.3. The Morgan fingerprint density at radius 1 is 1.18 bits per heavy atom. The second kappa shape index (κ2) is 6.42. The second-order valence-corrected chi connectivity index (χ2v) is 4.95. The van der Waals surface area contributed by atoms with Crippen LogP contribution in [0.25, 0.3) is 0 Å². The first-order chi connectivity index (χ1) is 10.4. The molecule has 7 heteroatoms. The lowest BCUT2D eigenvalue weighted by molar-refractivity contribution is -0.386. The molecule has 7 nitrogen and oxygen atoms in total. The van der Waals surface area contributed by atoms with Gasteiger partial charge in [-0.3, -0.25) is 10.1 Å². The third-order valence-corrected chi connectivity index (χ3v) is 3.38. The minimum absolute atomic E-state index is 0.172. The van der Waals surface area contributed by atoms with Crippen LogP contribution in [0.5, 0.6) is 11.5 Å². The van der Waals surface area contributed by atoms with Crippen LogP contribution >= 0.6 is 0 Å². The Balaban J connectivity index is 2.25.